The molecular weight excluding hydrogens is 271 g/mol. The maximum absolute atomic E-state index is 13.9. The van der Waals surface area contributed by atoms with Gasteiger partial charge in [-0.3, -0.25) is 0 Å². The first kappa shape index (κ1) is 14.7. The van der Waals surface area contributed by atoms with Crippen LogP contribution in [0.15, 0.2) is 18.2 Å². The van der Waals surface area contributed by atoms with Gasteiger partial charge in [0.05, 0.1) is 0 Å². The molecule has 106 valence electrons. The van der Waals surface area contributed by atoms with Gasteiger partial charge in [-0.2, -0.15) is 0 Å². The van der Waals surface area contributed by atoms with Gasteiger partial charge in [0, 0.05) is 43.2 Å². The van der Waals surface area contributed by atoms with Crippen molar-refractivity contribution in [3.05, 3.63) is 34.6 Å². The fourth-order valence-electron chi connectivity index (χ4n) is 2.51. The summed E-state index contributed by atoms with van der Waals surface area (Å²) in [7, 11) is 0. The quantitative estimate of drug-likeness (QED) is 0.925. The first-order valence-corrected chi connectivity index (χ1v) is 6.81. The van der Waals surface area contributed by atoms with Gasteiger partial charge >= 0.3 is 0 Å². The lowest BCUT2D eigenvalue weighted by atomic mass is 9.84. The average Bonchev–Trinajstić information content (AvgIpc) is 2.39. The summed E-state index contributed by atoms with van der Waals surface area (Å²) in [6.45, 7) is 3.34. The van der Waals surface area contributed by atoms with Gasteiger partial charge in [-0.25, -0.2) is 4.39 Å². The largest absolute Gasteiger partial charge is 0.385 e. The van der Waals surface area contributed by atoms with Crippen LogP contribution in [0.25, 0.3) is 0 Å². The SMILES string of the molecule is CCOC1(C(O)c2ccc(Cl)cc2F)CCOCC1. The van der Waals surface area contributed by atoms with Gasteiger partial charge in [-0.15, -0.1) is 0 Å². The summed E-state index contributed by atoms with van der Waals surface area (Å²) in [6, 6.07) is 4.29. The molecule has 1 saturated heterocycles. The standard InChI is InChI=1S/C14H18ClFO3/c1-2-19-14(5-7-18-8-6-14)13(17)11-4-3-10(15)9-12(11)16/h3-4,9,13,17H,2,5-8H2,1H3. The van der Waals surface area contributed by atoms with E-state index in [4.69, 9.17) is 21.1 Å². The molecule has 0 aliphatic carbocycles. The predicted molar refractivity (Wildman–Crippen MR) is 70.8 cm³/mol. The van der Waals surface area contributed by atoms with Crippen LogP contribution in [0, 0.1) is 5.82 Å². The maximum Gasteiger partial charge on any atom is 0.130 e. The van der Waals surface area contributed by atoms with Crippen LogP contribution in [0.4, 0.5) is 4.39 Å². The summed E-state index contributed by atoms with van der Waals surface area (Å²) >= 11 is 5.73. The molecule has 0 amide bonds. The first-order valence-electron chi connectivity index (χ1n) is 6.44. The van der Waals surface area contributed by atoms with Crippen LogP contribution in [0.2, 0.25) is 5.02 Å². The summed E-state index contributed by atoms with van der Waals surface area (Å²) in [5.41, 5.74) is -0.554. The van der Waals surface area contributed by atoms with Crippen molar-refractivity contribution in [2.75, 3.05) is 19.8 Å². The molecule has 1 unspecified atom stereocenters. The molecule has 2 rings (SSSR count). The summed E-state index contributed by atoms with van der Waals surface area (Å²) in [4.78, 5) is 0. The van der Waals surface area contributed by atoms with Gasteiger partial charge in [-0.1, -0.05) is 17.7 Å². The van der Waals surface area contributed by atoms with E-state index in [-0.39, 0.29) is 5.56 Å². The van der Waals surface area contributed by atoms with E-state index in [0.717, 1.165) is 0 Å². The second kappa shape index (κ2) is 6.18. The van der Waals surface area contributed by atoms with E-state index in [1.54, 1.807) is 6.07 Å². The zero-order chi connectivity index (χ0) is 13.9. The second-order valence-corrected chi connectivity index (χ2v) is 5.11. The van der Waals surface area contributed by atoms with E-state index < -0.39 is 17.5 Å². The number of ether oxygens (including phenoxy) is 2. The van der Waals surface area contributed by atoms with E-state index in [1.807, 2.05) is 6.92 Å². The maximum atomic E-state index is 13.9. The molecule has 5 heteroatoms. The summed E-state index contributed by atoms with van der Waals surface area (Å²) < 4.78 is 25.0. The Hall–Kier alpha value is -0.680. The molecule has 19 heavy (non-hydrogen) atoms. The van der Waals surface area contributed by atoms with Gasteiger partial charge < -0.3 is 14.6 Å². The third-order valence-electron chi connectivity index (χ3n) is 3.53. The average molecular weight is 289 g/mol. The lowest BCUT2D eigenvalue weighted by Gasteiger charge is -2.40. The minimum absolute atomic E-state index is 0.222. The fourth-order valence-corrected chi connectivity index (χ4v) is 2.67. The fraction of sp³-hybridized carbons (Fsp3) is 0.571. The number of halogens is 2. The molecular formula is C14H18ClFO3. The highest BCUT2D eigenvalue weighted by molar-refractivity contribution is 6.30. The monoisotopic (exact) mass is 288 g/mol. The second-order valence-electron chi connectivity index (χ2n) is 4.68. The number of hydrogen-bond acceptors (Lipinski definition) is 3. The van der Waals surface area contributed by atoms with E-state index in [1.165, 1.54) is 12.1 Å². The van der Waals surface area contributed by atoms with Crippen molar-refractivity contribution in [1.29, 1.82) is 0 Å². The number of aliphatic hydroxyl groups is 1. The molecule has 0 aromatic heterocycles. The highest BCUT2D eigenvalue weighted by Crippen LogP contribution is 2.39. The van der Waals surface area contributed by atoms with Crippen LogP contribution in [0.5, 0.6) is 0 Å². The van der Waals surface area contributed by atoms with Gasteiger partial charge in [-0.05, 0) is 19.1 Å². The van der Waals surface area contributed by atoms with Gasteiger partial charge in [0.2, 0.25) is 0 Å². The van der Waals surface area contributed by atoms with Crippen molar-refractivity contribution >= 4 is 11.6 Å². The van der Waals surface area contributed by atoms with Crippen molar-refractivity contribution < 1.29 is 19.0 Å². The minimum Gasteiger partial charge on any atom is -0.385 e. The van der Waals surface area contributed by atoms with Crippen molar-refractivity contribution in [2.45, 2.75) is 31.5 Å². The Balaban J connectivity index is 2.30. The van der Waals surface area contributed by atoms with Gasteiger partial charge in [0.1, 0.15) is 17.5 Å². The predicted octanol–water partition coefficient (Wildman–Crippen LogP) is 3.10. The zero-order valence-electron chi connectivity index (χ0n) is 10.9. The van der Waals surface area contributed by atoms with E-state index in [9.17, 15) is 9.50 Å². The Kier molecular flexibility index (Phi) is 4.79. The lowest BCUT2D eigenvalue weighted by molar-refractivity contribution is -0.168. The van der Waals surface area contributed by atoms with Crippen LogP contribution in [0.1, 0.15) is 31.4 Å². The Labute approximate surface area is 117 Å². The summed E-state index contributed by atoms with van der Waals surface area (Å²) in [5, 5.41) is 10.8. The van der Waals surface area contributed by atoms with Crippen molar-refractivity contribution in [1.82, 2.24) is 0 Å². The highest BCUT2D eigenvalue weighted by atomic mass is 35.5. The van der Waals surface area contributed by atoms with Crippen LogP contribution >= 0.6 is 11.6 Å². The molecule has 1 aliphatic rings. The number of benzene rings is 1. The molecule has 1 aromatic carbocycles. The molecule has 0 spiro atoms. The lowest BCUT2D eigenvalue weighted by Crippen LogP contribution is -2.45. The van der Waals surface area contributed by atoms with Crippen molar-refractivity contribution in [2.24, 2.45) is 0 Å². The smallest absolute Gasteiger partial charge is 0.130 e. The van der Waals surface area contributed by atoms with Crippen molar-refractivity contribution in [3.63, 3.8) is 0 Å². The molecule has 1 heterocycles. The number of hydrogen-bond donors (Lipinski definition) is 1. The number of aliphatic hydroxyl groups excluding tert-OH is 1. The van der Waals surface area contributed by atoms with Crippen LogP contribution in [-0.4, -0.2) is 30.5 Å². The summed E-state index contributed by atoms with van der Waals surface area (Å²) in [6.07, 6.45) is 0.0716. The van der Waals surface area contributed by atoms with Gasteiger partial charge in [0.25, 0.3) is 0 Å². The molecule has 1 aromatic rings. The van der Waals surface area contributed by atoms with Crippen LogP contribution in [-0.2, 0) is 9.47 Å². The zero-order valence-corrected chi connectivity index (χ0v) is 11.6. The molecule has 0 radical (unpaired) electrons. The molecule has 0 saturated carbocycles. The Morgan fingerprint density at radius 1 is 1.47 bits per heavy atom. The molecule has 0 bridgehead atoms. The normalized spacial score (nSPS) is 20.2. The molecule has 1 fully saturated rings. The first-order chi connectivity index (χ1) is 9.09. The third kappa shape index (κ3) is 3.08. The number of rotatable bonds is 4. The molecule has 1 atom stereocenters. The topological polar surface area (TPSA) is 38.7 Å². The van der Waals surface area contributed by atoms with E-state index >= 15 is 0 Å². The van der Waals surface area contributed by atoms with Crippen molar-refractivity contribution in [3.8, 4) is 0 Å². The Morgan fingerprint density at radius 2 is 2.16 bits per heavy atom. The summed E-state index contributed by atoms with van der Waals surface area (Å²) in [5.74, 6) is -0.509. The third-order valence-corrected chi connectivity index (χ3v) is 3.76. The Bertz CT molecular complexity index is 427. The van der Waals surface area contributed by atoms with E-state index in [0.29, 0.717) is 37.7 Å². The van der Waals surface area contributed by atoms with Crippen LogP contribution in [0.3, 0.4) is 0 Å². The molecule has 1 aliphatic heterocycles. The molecule has 1 N–H and O–H groups in total. The van der Waals surface area contributed by atoms with E-state index in [2.05, 4.69) is 0 Å². The Morgan fingerprint density at radius 3 is 2.74 bits per heavy atom. The minimum atomic E-state index is -1.02. The van der Waals surface area contributed by atoms with Gasteiger partial charge in [0.15, 0.2) is 0 Å². The van der Waals surface area contributed by atoms with Crippen LogP contribution < -0.4 is 0 Å². The molecule has 3 nitrogen and oxygen atoms in total. The highest BCUT2D eigenvalue weighted by Gasteiger charge is 2.42.